The first-order valence-corrected chi connectivity index (χ1v) is 6.96. The quantitative estimate of drug-likeness (QED) is 0.787. The van der Waals surface area contributed by atoms with E-state index in [1.165, 1.54) is 25.1 Å². The Balaban J connectivity index is 1.87. The molecule has 0 spiro atoms. The molecule has 1 aliphatic rings. The Hall–Kier alpha value is -0.830. The number of nitrogens with one attached hydrogen (secondary N) is 1. The molecule has 1 aromatic heterocycles. The molecular weight excluding hydrogens is 210 g/mol. The van der Waals surface area contributed by atoms with Crippen LogP contribution in [-0.4, -0.2) is 21.6 Å². The summed E-state index contributed by atoms with van der Waals surface area (Å²) >= 11 is 0. The number of hydrogen-bond donors (Lipinski definition) is 1. The smallest absolute Gasteiger partial charge is 0.108 e. The average Bonchev–Trinajstić information content (AvgIpc) is 3.01. The van der Waals surface area contributed by atoms with Gasteiger partial charge in [0.25, 0.3) is 0 Å². The molecule has 1 heterocycles. The molecule has 96 valence electrons. The van der Waals surface area contributed by atoms with Crippen LogP contribution < -0.4 is 5.32 Å². The summed E-state index contributed by atoms with van der Waals surface area (Å²) in [4.78, 5) is 4.49. The van der Waals surface area contributed by atoms with Gasteiger partial charge in [0.15, 0.2) is 0 Å². The van der Waals surface area contributed by atoms with Gasteiger partial charge in [-0.25, -0.2) is 4.98 Å². The Kier molecular flexibility index (Phi) is 4.21. The lowest BCUT2D eigenvalue weighted by atomic mass is 9.99. The Morgan fingerprint density at radius 1 is 1.47 bits per heavy atom. The van der Waals surface area contributed by atoms with Crippen LogP contribution >= 0.6 is 0 Å². The molecule has 2 atom stereocenters. The maximum absolute atomic E-state index is 4.49. The lowest BCUT2D eigenvalue weighted by Crippen LogP contribution is -2.35. The third-order valence-corrected chi connectivity index (χ3v) is 3.70. The summed E-state index contributed by atoms with van der Waals surface area (Å²) in [7, 11) is 0. The molecule has 0 radical (unpaired) electrons. The second-order valence-corrected chi connectivity index (χ2v) is 5.45. The molecule has 2 rings (SSSR count). The maximum atomic E-state index is 4.49. The first-order valence-electron chi connectivity index (χ1n) is 6.96. The third kappa shape index (κ3) is 3.56. The molecule has 1 N–H and O–H groups in total. The van der Waals surface area contributed by atoms with E-state index in [2.05, 4.69) is 41.8 Å². The van der Waals surface area contributed by atoms with Crippen LogP contribution in [0.3, 0.4) is 0 Å². The largest absolute Gasteiger partial charge is 0.335 e. The Morgan fingerprint density at radius 2 is 2.24 bits per heavy atom. The van der Waals surface area contributed by atoms with E-state index < -0.39 is 0 Å². The van der Waals surface area contributed by atoms with Crippen molar-refractivity contribution in [2.45, 2.75) is 65.1 Å². The molecular formula is C14H25N3. The summed E-state index contributed by atoms with van der Waals surface area (Å²) < 4.78 is 2.29. The van der Waals surface area contributed by atoms with Crippen LogP contribution in [0.2, 0.25) is 0 Å². The van der Waals surface area contributed by atoms with E-state index in [0.29, 0.717) is 12.0 Å². The van der Waals surface area contributed by atoms with Gasteiger partial charge in [0.05, 0.1) is 0 Å². The standard InChI is InChI=1S/C14H25N3/c1-4-8-17-9-7-15-14(17)10-11(2)12(3)16-13-5-6-13/h7,9,11-13,16H,4-6,8,10H2,1-3H3. The fraction of sp³-hybridized carbons (Fsp3) is 0.786. The number of aromatic nitrogens is 2. The van der Waals surface area contributed by atoms with Crippen LogP contribution in [0.15, 0.2) is 12.4 Å². The molecule has 1 aromatic rings. The Morgan fingerprint density at radius 3 is 2.88 bits per heavy atom. The van der Waals surface area contributed by atoms with Crippen molar-refractivity contribution >= 4 is 0 Å². The highest BCUT2D eigenvalue weighted by atomic mass is 15.1. The van der Waals surface area contributed by atoms with Gasteiger partial charge in [0.2, 0.25) is 0 Å². The molecule has 0 aromatic carbocycles. The highest BCUT2D eigenvalue weighted by Crippen LogP contribution is 2.21. The van der Waals surface area contributed by atoms with E-state index in [1.54, 1.807) is 0 Å². The normalized spacial score (nSPS) is 19.2. The van der Waals surface area contributed by atoms with Crippen LogP contribution in [0.5, 0.6) is 0 Å². The zero-order valence-electron chi connectivity index (χ0n) is 11.3. The summed E-state index contributed by atoms with van der Waals surface area (Å²) in [5, 5.41) is 3.68. The van der Waals surface area contributed by atoms with Gasteiger partial charge in [0.1, 0.15) is 5.82 Å². The first-order chi connectivity index (χ1) is 8.20. The molecule has 2 unspecified atom stereocenters. The molecule has 3 nitrogen and oxygen atoms in total. The zero-order chi connectivity index (χ0) is 12.3. The van der Waals surface area contributed by atoms with Gasteiger partial charge in [-0.2, -0.15) is 0 Å². The molecule has 0 amide bonds. The summed E-state index contributed by atoms with van der Waals surface area (Å²) in [5.74, 6) is 1.89. The van der Waals surface area contributed by atoms with E-state index >= 15 is 0 Å². The molecule has 1 aliphatic carbocycles. The zero-order valence-corrected chi connectivity index (χ0v) is 11.3. The van der Waals surface area contributed by atoms with Gasteiger partial charge in [-0.1, -0.05) is 13.8 Å². The molecule has 0 bridgehead atoms. The fourth-order valence-corrected chi connectivity index (χ4v) is 2.23. The van der Waals surface area contributed by atoms with Crippen molar-refractivity contribution in [2.24, 2.45) is 5.92 Å². The number of nitrogens with zero attached hydrogens (tertiary/aromatic N) is 2. The van der Waals surface area contributed by atoms with Crippen molar-refractivity contribution < 1.29 is 0 Å². The lowest BCUT2D eigenvalue weighted by Gasteiger charge is -2.21. The monoisotopic (exact) mass is 235 g/mol. The average molecular weight is 235 g/mol. The van der Waals surface area contributed by atoms with Crippen molar-refractivity contribution in [2.75, 3.05) is 0 Å². The van der Waals surface area contributed by atoms with Crippen LogP contribution in [0, 0.1) is 5.92 Å². The molecule has 1 saturated carbocycles. The highest BCUT2D eigenvalue weighted by Gasteiger charge is 2.25. The van der Waals surface area contributed by atoms with Crippen LogP contribution in [0.1, 0.15) is 45.9 Å². The van der Waals surface area contributed by atoms with Gasteiger partial charge < -0.3 is 9.88 Å². The minimum Gasteiger partial charge on any atom is -0.335 e. The lowest BCUT2D eigenvalue weighted by molar-refractivity contribution is 0.385. The van der Waals surface area contributed by atoms with Crippen LogP contribution in [0.4, 0.5) is 0 Å². The van der Waals surface area contributed by atoms with Gasteiger partial charge in [-0.05, 0) is 32.1 Å². The predicted octanol–water partition coefficient (Wildman–Crippen LogP) is 2.61. The summed E-state index contributed by atoms with van der Waals surface area (Å²) in [6, 6.07) is 1.39. The van der Waals surface area contributed by atoms with Gasteiger partial charge in [-0.3, -0.25) is 0 Å². The topological polar surface area (TPSA) is 29.9 Å². The van der Waals surface area contributed by atoms with Crippen molar-refractivity contribution in [3.05, 3.63) is 18.2 Å². The van der Waals surface area contributed by atoms with Crippen LogP contribution in [-0.2, 0) is 13.0 Å². The second kappa shape index (κ2) is 5.67. The number of hydrogen-bond acceptors (Lipinski definition) is 2. The van der Waals surface area contributed by atoms with E-state index in [1.807, 2.05) is 6.20 Å². The molecule has 3 heteroatoms. The molecule has 1 fully saturated rings. The summed E-state index contributed by atoms with van der Waals surface area (Å²) in [6.07, 6.45) is 9.01. The SMILES string of the molecule is CCCn1ccnc1CC(C)C(C)NC1CC1. The fourth-order valence-electron chi connectivity index (χ4n) is 2.23. The van der Waals surface area contributed by atoms with E-state index in [9.17, 15) is 0 Å². The number of rotatable bonds is 7. The Bertz CT molecular complexity index is 341. The first kappa shape index (κ1) is 12.6. The van der Waals surface area contributed by atoms with E-state index in [-0.39, 0.29) is 0 Å². The van der Waals surface area contributed by atoms with Gasteiger partial charge in [-0.15, -0.1) is 0 Å². The van der Waals surface area contributed by atoms with Crippen LogP contribution in [0.25, 0.3) is 0 Å². The Labute approximate surface area is 105 Å². The predicted molar refractivity (Wildman–Crippen MR) is 71.0 cm³/mol. The molecule has 17 heavy (non-hydrogen) atoms. The minimum atomic E-state index is 0.592. The van der Waals surface area contributed by atoms with E-state index in [4.69, 9.17) is 0 Å². The van der Waals surface area contributed by atoms with Crippen molar-refractivity contribution in [3.8, 4) is 0 Å². The second-order valence-electron chi connectivity index (χ2n) is 5.45. The van der Waals surface area contributed by atoms with Crippen molar-refractivity contribution in [1.82, 2.24) is 14.9 Å². The summed E-state index contributed by atoms with van der Waals surface area (Å²) in [6.45, 7) is 7.93. The number of imidazole rings is 1. The third-order valence-electron chi connectivity index (χ3n) is 3.70. The molecule has 0 aliphatic heterocycles. The minimum absolute atomic E-state index is 0.592. The van der Waals surface area contributed by atoms with E-state index in [0.717, 1.165) is 19.0 Å². The van der Waals surface area contributed by atoms with Gasteiger partial charge >= 0.3 is 0 Å². The van der Waals surface area contributed by atoms with Gasteiger partial charge in [0, 0.05) is 37.4 Å². The number of aryl methyl sites for hydroxylation is 1. The van der Waals surface area contributed by atoms with Crippen molar-refractivity contribution in [3.63, 3.8) is 0 Å². The highest BCUT2D eigenvalue weighted by molar-refractivity contribution is 4.95. The molecule has 0 saturated heterocycles. The van der Waals surface area contributed by atoms with Crippen molar-refractivity contribution in [1.29, 1.82) is 0 Å². The maximum Gasteiger partial charge on any atom is 0.108 e. The summed E-state index contributed by atoms with van der Waals surface area (Å²) in [5.41, 5.74) is 0.